The Labute approximate surface area is 178 Å². The lowest BCUT2D eigenvalue weighted by Gasteiger charge is -2.32. The molecule has 1 fully saturated rings. The predicted molar refractivity (Wildman–Crippen MR) is 118 cm³/mol. The molecule has 1 amide bonds. The maximum absolute atomic E-state index is 12.2. The summed E-state index contributed by atoms with van der Waals surface area (Å²) >= 11 is 5.89. The summed E-state index contributed by atoms with van der Waals surface area (Å²) in [6, 6.07) is 9.60. The van der Waals surface area contributed by atoms with E-state index in [1.807, 2.05) is 30.3 Å². The Morgan fingerprint density at radius 3 is 2.69 bits per heavy atom. The normalized spacial score (nSPS) is 14.6. The van der Waals surface area contributed by atoms with Gasteiger partial charge in [-0.25, -0.2) is 9.97 Å². The summed E-state index contributed by atoms with van der Waals surface area (Å²) in [4.78, 5) is 23.2. The lowest BCUT2D eigenvalue weighted by atomic mass is 9.92. The van der Waals surface area contributed by atoms with Crippen LogP contribution in [0.4, 0.5) is 11.6 Å². The van der Waals surface area contributed by atoms with Crippen molar-refractivity contribution in [2.45, 2.75) is 45.6 Å². The smallest absolute Gasteiger partial charge is 0.220 e. The number of nitrogens with zero attached hydrogens (tertiary/aromatic N) is 3. The summed E-state index contributed by atoms with van der Waals surface area (Å²) < 4.78 is 0. The predicted octanol–water partition coefficient (Wildman–Crippen LogP) is 4.26. The number of carbonyl (C=O) groups excluding carboxylic acids is 1. The Morgan fingerprint density at radius 1 is 1.21 bits per heavy atom. The Morgan fingerprint density at radius 2 is 1.97 bits per heavy atom. The van der Waals surface area contributed by atoms with E-state index in [9.17, 15) is 4.79 Å². The molecule has 156 valence electrons. The minimum Gasteiger partial charge on any atom is -0.370 e. The van der Waals surface area contributed by atoms with Crippen LogP contribution in [0.25, 0.3) is 0 Å². The molecule has 29 heavy (non-hydrogen) atoms. The van der Waals surface area contributed by atoms with Crippen LogP contribution >= 0.6 is 11.6 Å². The Hall–Kier alpha value is -2.34. The van der Waals surface area contributed by atoms with Crippen LogP contribution < -0.4 is 15.5 Å². The Kier molecular flexibility index (Phi) is 8.11. The molecule has 0 radical (unpaired) electrons. The van der Waals surface area contributed by atoms with Crippen LogP contribution in [0, 0.1) is 5.92 Å². The van der Waals surface area contributed by atoms with E-state index in [2.05, 4.69) is 32.4 Å². The first-order chi connectivity index (χ1) is 14.1. The summed E-state index contributed by atoms with van der Waals surface area (Å²) in [5, 5.41) is 7.02. The van der Waals surface area contributed by atoms with Crippen LogP contribution in [-0.2, 0) is 11.3 Å². The first-order valence-corrected chi connectivity index (χ1v) is 10.8. The van der Waals surface area contributed by atoms with E-state index in [4.69, 9.17) is 11.6 Å². The van der Waals surface area contributed by atoms with Crippen molar-refractivity contribution >= 4 is 29.1 Å². The van der Waals surface area contributed by atoms with Crippen LogP contribution in [0.5, 0.6) is 0 Å². The summed E-state index contributed by atoms with van der Waals surface area (Å²) in [6.45, 7) is 5.55. The fraction of sp³-hybridized carbons (Fsp3) is 0.500. The lowest BCUT2D eigenvalue weighted by molar-refractivity contribution is -0.121. The second-order valence-corrected chi connectivity index (χ2v) is 8.00. The monoisotopic (exact) mass is 415 g/mol. The molecule has 0 bridgehead atoms. The van der Waals surface area contributed by atoms with E-state index in [1.165, 1.54) is 0 Å². The number of hydrogen-bond acceptors (Lipinski definition) is 5. The Bertz CT molecular complexity index is 775. The van der Waals surface area contributed by atoms with Crippen molar-refractivity contribution in [3.63, 3.8) is 0 Å². The summed E-state index contributed by atoms with van der Waals surface area (Å²) in [5.41, 5.74) is 1.06. The van der Waals surface area contributed by atoms with Gasteiger partial charge in [0, 0.05) is 43.7 Å². The number of amides is 1. The fourth-order valence-electron chi connectivity index (χ4n) is 3.55. The van der Waals surface area contributed by atoms with Crippen molar-refractivity contribution < 1.29 is 4.79 Å². The molecule has 7 heteroatoms. The number of halogens is 1. The zero-order valence-electron chi connectivity index (χ0n) is 17.0. The molecule has 0 atom stereocenters. The van der Waals surface area contributed by atoms with E-state index in [1.54, 1.807) is 6.33 Å². The molecule has 1 aliphatic heterocycles. The van der Waals surface area contributed by atoms with E-state index >= 15 is 0 Å². The van der Waals surface area contributed by atoms with Crippen molar-refractivity contribution in [2.75, 3.05) is 29.9 Å². The molecule has 1 saturated heterocycles. The maximum Gasteiger partial charge on any atom is 0.220 e. The van der Waals surface area contributed by atoms with Gasteiger partial charge in [-0.15, -0.1) is 0 Å². The van der Waals surface area contributed by atoms with E-state index in [0.29, 0.717) is 23.9 Å². The summed E-state index contributed by atoms with van der Waals surface area (Å²) in [6.07, 6.45) is 6.39. The average Bonchev–Trinajstić information content (AvgIpc) is 2.76. The molecule has 0 spiro atoms. The van der Waals surface area contributed by atoms with Crippen LogP contribution in [-0.4, -0.2) is 35.5 Å². The molecular weight excluding hydrogens is 386 g/mol. The van der Waals surface area contributed by atoms with Crippen molar-refractivity contribution in [3.8, 4) is 0 Å². The molecular formula is C22H30ClN5O. The van der Waals surface area contributed by atoms with Gasteiger partial charge in [0.2, 0.25) is 5.91 Å². The van der Waals surface area contributed by atoms with Gasteiger partial charge in [-0.1, -0.05) is 30.7 Å². The molecule has 1 aliphatic rings. The molecule has 0 unspecified atom stereocenters. The van der Waals surface area contributed by atoms with Gasteiger partial charge in [0.15, 0.2) is 0 Å². The van der Waals surface area contributed by atoms with Crippen molar-refractivity contribution in [3.05, 3.63) is 47.2 Å². The Balaban J connectivity index is 1.37. The molecule has 3 rings (SSSR count). The molecule has 2 aromatic rings. The van der Waals surface area contributed by atoms with Gasteiger partial charge in [0.25, 0.3) is 0 Å². The van der Waals surface area contributed by atoms with Crippen molar-refractivity contribution in [1.29, 1.82) is 0 Å². The van der Waals surface area contributed by atoms with Crippen molar-refractivity contribution in [2.24, 2.45) is 5.92 Å². The summed E-state index contributed by atoms with van der Waals surface area (Å²) in [7, 11) is 0. The lowest BCUT2D eigenvalue weighted by Crippen LogP contribution is -2.34. The van der Waals surface area contributed by atoms with Gasteiger partial charge in [0.1, 0.15) is 18.0 Å². The highest BCUT2D eigenvalue weighted by molar-refractivity contribution is 6.30. The van der Waals surface area contributed by atoms with Crippen LogP contribution in [0.3, 0.4) is 0 Å². The topological polar surface area (TPSA) is 70.2 Å². The highest BCUT2D eigenvalue weighted by Gasteiger charge is 2.21. The van der Waals surface area contributed by atoms with Gasteiger partial charge in [0.05, 0.1) is 0 Å². The molecule has 2 heterocycles. The third kappa shape index (κ3) is 6.89. The zero-order valence-corrected chi connectivity index (χ0v) is 17.8. The third-order valence-corrected chi connectivity index (χ3v) is 5.58. The van der Waals surface area contributed by atoms with E-state index < -0.39 is 0 Å². The van der Waals surface area contributed by atoms with E-state index in [-0.39, 0.29) is 5.91 Å². The van der Waals surface area contributed by atoms with Crippen LogP contribution in [0.2, 0.25) is 5.02 Å². The SMILES string of the molecule is CCCNc1cc(N2CCC(CCC(=O)NCc3ccc(Cl)cc3)CC2)ncn1. The van der Waals surface area contributed by atoms with Gasteiger partial charge < -0.3 is 15.5 Å². The van der Waals surface area contributed by atoms with Crippen LogP contribution in [0.1, 0.15) is 44.6 Å². The second-order valence-electron chi connectivity index (χ2n) is 7.56. The number of rotatable bonds is 9. The van der Waals surface area contributed by atoms with Gasteiger partial charge in [-0.3, -0.25) is 4.79 Å². The van der Waals surface area contributed by atoms with Gasteiger partial charge in [-0.05, 0) is 49.3 Å². The zero-order chi connectivity index (χ0) is 20.5. The number of piperidine rings is 1. The highest BCUT2D eigenvalue weighted by Crippen LogP contribution is 2.25. The quantitative estimate of drug-likeness (QED) is 0.640. The molecule has 1 aromatic carbocycles. The standard InChI is InChI=1S/C22H30ClN5O/c1-2-11-24-20-14-21(27-16-26-20)28-12-9-17(10-13-28)5-8-22(29)25-15-18-3-6-19(23)7-4-18/h3-4,6-7,14,16-17H,2,5,8-13,15H2,1H3,(H,25,29)(H,24,26,27). The number of aromatic nitrogens is 2. The number of hydrogen-bond donors (Lipinski definition) is 2. The first-order valence-electron chi connectivity index (χ1n) is 10.5. The fourth-order valence-corrected chi connectivity index (χ4v) is 3.67. The third-order valence-electron chi connectivity index (χ3n) is 5.33. The molecule has 0 aliphatic carbocycles. The maximum atomic E-state index is 12.2. The molecule has 0 saturated carbocycles. The molecule has 1 aromatic heterocycles. The number of benzene rings is 1. The minimum atomic E-state index is 0.116. The van der Waals surface area contributed by atoms with Crippen LogP contribution in [0.15, 0.2) is 36.7 Å². The second kappa shape index (κ2) is 11.0. The average molecular weight is 416 g/mol. The molecule has 6 nitrogen and oxygen atoms in total. The van der Waals surface area contributed by atoms with Gasteiger partial charge in [-0.2, -0.15) is 0 Å². The number of anilines is 2. The van der Waals surface area contributed by atoms with E-state index in [0.717, 1.165) is 62.5 Å². The van der Waals surface area contributed by atoms with Crippen molar-refractivity contribution in [1.82, 2.24) is 15.3 Å². The number of carbonyl (C=O) groups is 1. The summed E-state index contributed by atoms with van der Waals surface area (Å²) in [5.74, 6) is 2.57. The highest BCUT2D eigenvalue weighted by atomic mass is 35.5. The minimum absolute atomic E-state index is 0.116. The first kappa shape index (κ1) is 21.4. The molecule has 2 N–H and O–H groups in total. The van der Waals surface area contributed by atoms with Gasteiger partial charge >= 0.3 is 0 Å². The number of nitrogens with one attached hydrogen (secondary N) is 2. The largest absolute Gasteiger partial charge is 0.370 e.